The fourth-order valence-electron chi connectivity index (χ4n) is 3.14. The molecule has 1 N–H and O–H groups in total. The summed E-state index contributed by atoms with van der Waals surface area (Å²) in [6.45, 7) is 1.36. The largest absolute Gasteiger partial charge is 0.378 e. The van der Waals surface area contributed by atoms with E-state index in [1.807, 2.05) is 36.5 Å². The summed E-state index contributed by atoms with van der Waals surface area (Å²) in [6, 6.07) is 9.89. The van der Waals surface area contributed by atoms with Crippen molar-refractivity contribution in [2.45, 2.75) is 44.6 Å². The second-order valence-electron chi connectivity index (χ2n) is 6.66. The zero-order chi connectivity index (χ0) is 18.0. The van der Waals surface area contributed by atoms with Crippen LogP contribution >= 0.6 is 0 Å². The summed E-state index contributed by atoms with van der Waals surface area (Å²) in [6.07, 6.45) is 14.5. The Morgan fingerprint density at radius 1 is 1.23 bits per heavy atom. The monoisotopic (exact) mass is 353 g/mol. The Kier molecular flexibility index (Phi) is 7.02. The second kappa shape index (κ2) is 9.92. The van der Waals surface area contributed by atoms with Gasteiger partial charge in [-0.25, -0.2) is 4.68 Å². The minimum Gasteiger partial charge on any atom is -0.378 e. The number of para-hydroxylation sites is 1. The minimum absolute atomic E-state index is 0.0878. The van der Waals surface area contributed by atoms with E-state index in [4.69, 9.17) is 4.74 Å². The summed E-state index contributed by atoms with van der Waals surface area (Å²) in [7, 11) is 0. The van der Waals surface area contributed by atoms with Crippen molar-refractivity contribution in [1.29, 1.82) is 0 Å². The maximum absolute atomic E-state index is 11.9. The molecule has 5 heteroatoms. The molecule has 0 bridgehead atoms. The first-order valence-corrected chi connectivity index (χ1v) is 9.49. The van der Waals surface area contributed by atoms with Gasteiger partial charge >= 0.3 is 0 Å². The van der Waals surface area contributed by atoms with Gasteiger partial charge in [0.15, 0.2) is 0 Å². The highest BCUT2D eigenvalue weighted by Gasteiger charge is 2.12. The van der Waals surface area contributed by atoms with E-state index >= 15 is 0 Å². The Balaban J connectivity index is 1.35. The highest BCUT2D eigenvalue weighted by atomic mass is 16.5. The third-order valence-corrected chi connectivity index (χ3v) is 4.58. The summed E-state index contributed by atoms with van der Waals surface area (Å²) in [5.74, 6) is -0.0878. The number of rotatable bonds is 8. The number of nitrogens with one attached hydrogen (secondary N) is 1. The molecule has 26 heavy (non-hydrogen) atoms. The van der Waals surface area contributed by atoms with Crippen molar-refractivity contribution in [3.8, 4) is 5.69 Å². The molecule has 1 aliphatic carbocycles. The van der Waals surface area contributed by atoms with E-state index in [0.29, 0.717) is 12.6 Å². The fourth-order valence-corrected chi connectivity index (χ4v) is 3.14. The molecule has 0 atom stereocenters. The SMILES string of the molecule is O=C(/C=C/c1cnn(-c2ccccc2)c1)NCCCOC1CCCCC1. The molecule has 1 amide bonds. The summed E-state index contributed by atoms with van der Waals surface area (Å²) < 4.78 is 7.65. The predicted octanol–water partition coefficient (Wildman–Crippen LogP) is 3.74. The molecule has 1 saturated carbocycles. The van der Waals surface area contributed by atoms with Gasteiger partial charge in [0.2, 0.25) is 5.91 Å². The maximum atomic E-state index is 11.9. The number of amides is 1. The van der Waals surface area contributed by atoms with Gasteiger partial charge in [-0.15, -0.1) is 0 Å². The highest BCUT2D eigenvalue weighted by molar-refractivity contribution is 5.91. The third-order valence-electron chi connectivity index (χ3n) is 4.58. The molecule has 1 aliphatic rings. The molecule has 1 heterocycles. The average molecular weight is 353 g/mol. The van der Waals surface area contributed by atoms with Gasteiger partial charge in [-0.3, -0.25) is 4.79 Å². The van der Waals surface area contributed by atoms with Gasteiger partial charge < -0.3 is 10.1 Å². The normalized spacial score (nSPS) is 15.4. The van der Waals surface area contributed by atoms with Crippen LogP contribution in [0, 0.1) is 0 Å². The quantitative estimate of drug-likeness (QED) is 0.581. The standard InChI is InChI=1S/C21H27N3O2/c25-21(22-14-7-15-26-20-10-5-2-6-11-20)13-12-18-16-23-24(17-18)19-8-3-1-4-9-19/h1,3-4,8-9,12-13,16-17,20H,2,5-7,10-11,14-15H2,(H,22,25)/b13-12+. The molecular formula is C21H27N3O2. The van der Waals surface area contributed by atoms with Crippen molar-refractivity contribution in [1.82, 2.24) is 15.1 Å². The molecule has 3 rings (SSSR count). The summed E-state index contributed by atoms with van der Waals surface area (Å²) in [4.78, 5) is 11.9. The number of nitrogens with zero attached hydrogens (tertiary/aromatic N) is 2. The molecular weight excluding hydrogens is 326 g/mol. The Hall–Kier alpha value is -2.40. The summed E-state index contributed by atoms with van der Waals surface area (Å²) >= 11 is 0. The number of hydrogen-bond donors (Lipinski definition) is 1. The van der Waals surface area contributed by atoms with Gasteiger partial charge in [0.25, 0.3) is 0 Å². The lowest BCUT2D eigenvalue weighted by Gasteiger charge is -2.21. The van der Waals surface area contributed by atoms with Crippen LogP contribution in [0.15, 0.2) is 48.8 Å². The molecule has 0 radical (unpaired) electrons. The minimum atomic E-state index is -0.0878. The molecule has 1 aromatic carbocycles. The van der Waals surface area contributed by atoms with Crippen LogP contribution in [0.4, 0.5) is 0 Å². The number of hydrogen-bond acceptors (Lipinski definition) is 3. The number of carbonyl (C=O) groups excluding carboxylic acids is 1. The van der Waals surface area contributed by atoms with Crippen molar-refractivity contribution in [3.63, 3.8) is 0 Å². The van der Waals surface area contributed by atoms with E-state index in [9.17, 15) is 4.79 Å². The van der Waals surface area contributed by atoms with Gasteiger partial charge in [0, 0.05) is 31.0 Å². The number of carbonyl (C=O) groups is 1. The molecule has 5 nitrogen and oxygen atoms in total. The van der Waals surface area contributed by atoms with Crippen LogP contribution in [0.1, 0.15) is 44.1 Å². The van der Waals surface area contributed by atoms with Crippen LogP contribution in [-0.4, -0.2) is 34.9 Å². The van der Waals surface area contributed by atoms with Crippen LogP contribution in [0.2, 0.25) is 0 Å². The van der Waals surface area contributed by atoms with E-state index < -0.39 is 0 Å². The molecule has 0 spiro atoms. The van der Waals surface area contributed by atoms with Crippen molar-refractivity contribution in [2.24, 2.45) is 0 Å². The highest BCUT2D eigenvalue weighted by Crippen LogP contribution is 2.20. The smallest absolute Gasteiger partial charge is 0.244 e. The maximum Gasteiger partial charge on any atom is 0.244 e. The van der Waals surface area contributed by atoms with Gasteiger partial charge in [-0.05, 0) is 37.5 Å². The van der Waals surface area contributed by atoms with Crippen molar-refractivity contribution in [2.75, 3.05) is 13.2 Å². The first kappa shape index (κ1) is 18.4. The van der Waals surface area contributed by atoms with Gasteiger partial charge in [0.05, 0.1) is 18.0 Å². The van der Waals surface area contributed by atoms with Gasteiger partial charge in [-0.1, -0.05) is 37.5 Å². The van der Waals surface area contributed by atoms with Crippen molar-refractivity contribution < 1.29 is 9.53 Å². The van der Waals surface area contributed by atoms with E-state index in [1.54, 1.807) is 23.0 Å². The molecule has 1 fully saturated rings. The molecule has 1 aromatic heterocycles. The van der Waals surface area contributed by atoms with Gasteiger partial charge in [0.1, 0.15) is 0 Å². The number of ether oxygens (including phenoxy) is 1. The first-order valence-electron chi connectivity index (χ1n) is 9.49. The lowest BCUT2D eigenvalue weighted by molar-refractivity contribution is -0.116. The number of aromatic nitrogens is 2. The molecule has 2 aromatic rings. The number of benzene rings is 1. The second-order valence-corrected chi connectivity index (χ2v) is 6.66. The van der Waals surface area contributed by atoms with Crippen LogP contribution in [0.5, 0.6) is 0 Å². The molecule has 0 saturated heterocycles. The third kappa shape index (κ3) is 5.85. The van der Waals surface area contributed by atoms with Crippen molar-refractivity contribution in [3.05, 3.63) is 54.4 Å². The van der Waals surface area contributed by atoms with Crippen LogP contribution < -0.4 is 5.32 Å². The lowest BCUT2D eigenvalue weighted by Crippen LogP contribution is -2.24. The Labute approximate surface area is 155 Å². The van der Waals surface area contributed by atoms with Crippen molar-refractivity contribution >= 4 is 12.0 Å². The molecule has 138 valence electrons. The van der Waals surface area contributed by atoms with Crippen LogP contribution in [0.3, 0.4) is 0 Å². The Morgan fingerprint density at radius 3 is 2.85 bits per heavy atom. The average Bonchev–Trinajstić information content (AvgIpc) is 3.17. The van der Waals surface area contributed by atoms with E-state index in [2.05, 4.69) is 10.4 Å². The van der Waals surface area contributed by atoms with E-state index in [-0.39, 0.29) is 5.91 Å². The van der Waals surface area contributed by atoms with E-state index in [0.717, 1.165) is 24.3 Å². The molecule has 0 aliphatic heterocycles. The zero-order valence-corrected chi connectivity index (χ0v) is 15.1. The topological polar surface area (TPSA) is 56.2 Å². The lowest BCUT2D eigenvalue weighted by atomic mass is 9.98. The predicted molar refractivity (Wildman–Crippen MR) is 103 cm³/mol. The summed E-state index contributed by atoms with van der Waals surface area (Å²) in [5, 5.41) is 7.21. The fraction of sp³-hybridized carbons (Fsp3) is 0.429. The van der Waals surface area contributed by atoms with Crippen LogP contribution in [-0.2, 0) is 9.53 Å². The molecule has 0 unspecified atom stereocenters. The van der Waals surface area contributed by atoms with Crippen LogP contribution in [0.25, 0.3) is 11.8 Å². The van der Waals surface area contributed by atoms with Gasteiger partial charge in [-0.2, -0.15) is 5.10 Å². The Morgan fingerprint density at radius 2 is 2.04 bits per heavy atom. The van der Waals surface area contributed by atoms with E-state index in [1.165, 1.54) is 32.1 Å². The summed E-state index contributed by atoms with van der Waals surface area (Å²) in [5.41, 5.74) is 1.89. The zero-order valence-electron chi connectivity index (χ0n) is 15.1. The first-order chi connectivity index (χ1) is 12.8. The Bertz CT molecular complexity index is 703.